The summed E-state index contributed by atoms with van der Waals surface area (Å²) >= 11 is 0. The van der Waals surface area contributed by atoms with Gasteiger partial charge >= 0.3 is 0 Å². The van der Waals surface area contributed by atoms with Gasteiger partial charge in [0, 0.05) is 17.7 Å². The summed E-state index contributed by atoms with van der Waals surface area (Å²) in [6, 6.07) is 12.1. The summed E-state index contributed by atoms with van der Waals surface area (Å²) in [5.41, 5.74) is 1.45. The molecule has 0 amide bonds. The Morgan fingerprint density at radius 1 is 1.13 bits per heavy atom. The van der Waals surface area contributed by atoms with E-state index in [1.54, 1.807) is 0 Å². The Morgan fingerprint density at radius 3 is 2.53 bits per heavy atom. The number of aromatic nitrogens is 1. The van der Waals surface area contributed by atoms with Gasteiger partial charge in [-0.2, -0.15) is 0 Å². The van der Waals surface area contributed by atoms with Crippen LogP contribution in [0.2, 0.25) is 0 Å². The van der Waals surface area contributed by atoms with Gasteiger partial charge in [-0.15, -0.1) is 0 Å². The zero-order chi connectivity index (χ0) is 10.7. The van der Waals surface area contributed by atoms with Gasteiger partial charge in [0.2, 0.25) is 5.88 Å². The van der Waals surface area contributed by atoms with Crippen molar-refractivity contribution in [3.63, 3.8) is 0 Å². The van der Waals surface area contributed by atoms with Gasteiger partial charge in [0.05, 0.1) is 12.8 Å². The van der Waals surface area contributed by atoms with E-state index in [-0.39, 0.29) is 11.7 Å². The van der Waals surface area contributed by atoms with E-state index in [1.807, 2.05) is 30.3 Å². The second kappa shape index (κ2) is 4.09. The fraction of sp³-hybridized carbons (Fsp3) is 0.0833. The number of methoxy groups -OCH3 is 1. The molecule has 0 fully saturated rings. The number of hydrogen-bond donors (Lipinski definition) is 0. The van der Waals surface area contributed by atoms with Crippen LogP contribution >= 0.6 is 0 Å². The van der Waals surface area contributed by atoms with Gasteiger partial charge in [0.25, 0.3) is 0 Å². The number of pyridine rings is 1. The fourth-order valence-corrected chi connectivity index (χ4v) is 1.33. The first kappa shape index (κ1) is 9.65. The Hall–Kier alpha value is -1.90. The van der Waals surface area contributed by atoms with E-state index in [1.165, 1.54) is 19.2 Å². The summed E-state index contributed by atoms with van der Waals surface area (Å²) in [6.07, 6.45) is 0. The second-order valence-electron chi connectivity index (χ2n) is 3.08. The summed E-state index contributed by atoms with van der Waals surface area (Å²) in [7, 11) is 1.47. The lowest BCUT2D eigenvalue weighted by atomic mass is 10.1. The fourth-order valence-electron chi connectivity index (χ4n) is 1.33. The molecule has 1 aromatic carbocycles. The highest BCUT2D eigenvalue weighted by Gasteiger charge is 2.04. The minimum Gasteiger partial charge on any atom is -0.481 e. The average molecular weight is 203 g/mol. The van der Waals surface area contributed by atoms with Crippen LogP contribution < -0.4 is 4.74 Å². The zero-order valence-corrected chi connectivity index (χ0v) is 8.27. The highest BCUT2D eigenvalue weighted by molar-refractivity contribution is 5.59. The van der Waals surface area contributed by atoms with Crippen molar-refractivity contribution in [2.75, 3.05) is 7.11 Å². The number of ether oxygens (including phenoxy) is 1. The molecule has 2 rings (SSSR count). The maximum absolute atomic E-state index is 13.2. The first-order chi connectivity index (χ1) is 7.29. The molecule has 0 unspecified atom stereocenters. The van der Waals surface area contributed by atoms with Gasteiger partial charge in [0.1, 0.15) is 5.82 Å². The predicted octanol–water partition coefficient (Wildman–Crippen LogP) is 2.90. The minimum atomic E-state index is -0.347. The van der Waals surface area contributed by atoms with Gasteiger partial charge < -0.3 is 4.74 Å². The highest BCUT2D eigenvalue weighted by Crippen LogP contribution is 2.20. The first-order valence-electron chi connectivity index (χ1n) is 4.56. The van der Waals surface area contributed by atoms with Gasteiger partial charge in [0.15, 0.2) is 0 Å². The monoisotopic (exact) mass is 203 g/mol. The molecule has 0 aliphatic carbocycles. The van der Waals surface area contributed by atoms with Gasteiger partial charge in [-0.05, 0) is 0 Å². The molecule has 0 radical (unpaired) electrons. The van der Waals surface area contributed by atoms with Crippen molar-refractivity contribution in [2.24, 2.45) is 0 Å². The van der Waals surface area contributed by atoms with Crippen molar-refractivity contribution in [2.45, 2.75) is 0 Å². The molecule has 0 saturated heterocycles. The summed E-state index contributed by atoms with van der Waals surface area (Å²) in [4.78, 5) is 4.16. The average Bonchev–Trinajstić information content (AvgIpc) is 2.29. The maximum atomic E-state index is 13.2. The van der Waals surface area contributed by atoms with Crippen LogP contribution in [0.25, 0.3) is 11.3 Å². The van der Waals surface area contributed by atoms with E-state index in [9.17, 15) is 4.39 Å². The molecule has 1 aromatic heterocycles. The van der Waals surface area contributed by atoms with Crippen molar-refractivity contribution < 1.29 is 9.13 Å². The van der Waals surface area contributed by atoms with Crippen LogP contribution in [0.15, 0.2) is 42.5 Å². The quantitative estimate of drug-likeness (QED) is 0.748. The first-order valence-corrected chi connectivity index (χ1v) is 4.56. The molecule has 15 heavy (non-hydrogen) atoms. The Labute approximate surface area is 87.4 Å². The number of benzene rings is 1. The Morgan fingerprint density at radius 2 is 1.87 bits per heavy atom. The lowest BCUT2D eigenvalue weighted by Gasteiger charge is -2.03. The van der Waals surface area contributed by atoms with E-state index in [4.69, 9.17) is 4.74 Å². The van der Waals surface area contributed by atoms with E-state index in [2.05, 4.69) is 4.98 Å². The standard InChI is InChI=1S/C12H10FNO/c1-15-12-8-10(13)7-11(14-12)9-5-3-2-4-6-9/h2-8H,1H3. The predicted molar refractivity (Wildman–Crippen MR) is 56.2 cm³/mol. The van der Waals surface area contributed by atoms with Crippen LogP contribution in [-0.2, 0) is 0 Å². The molecule has 0 spiro atoms. The minimum absolute atomic E-state index is 0.286. The topological polar surface area (TPSA) is 22.1 Å². The van der Waals surface area contributed by atoms with Crippen LogP contribution in [0.4, 0.5) is 4.39 Å². The van der Waals surface area contributed by atoms with Crippen LogP contribution in [-0.4, -0.2) is 12.1 Å². The molecule has 2 nitrogen and oxygen atoms in total. The van der Waals surface area contributed by atoms with E-state index in [0.29, 0.717) is 5.69 Å². The molecule has 3 heteroatoms. The lowest BCUT2D eigenvalue weighted by Crippen LogP contribution is -1.91. The van der Waals surface area contributed by atoms with E-state index in [0.717, 1.165) is 5.56 Å². The van der Waals surface area contributed by atoms with Crippen molar-refractivity contribution in [1.82, 2.24) is 4.98 Å². The number of halogens is 1. The summed E-state index contributed by atoms with van der Waals surface area (Å²) in [5, 5.41) is 0. The maximum Gasteiger partial charge on any atom is 0.216 e. The van der Waals surface area contributed by atoms with Crippen molar-refractivity contribution in [3.8, 4) is 17.1 Å². The summed E-state index contributed by atoms with van der Waals surface area (Å²) < 4.78 is 18.1. The molecule has 0 bridgehead atoms. The number of hydrogen-bond acceptors (Lipinski definition) is 2. The molecule has 76 valence electrons. The van der Waals surface area contributed by atoms with Crippen LogP contribution in [0.5, 0.6) is 5.88 Å². The molecule has 0 aliphatic rings. The third-order valence-corrected chi connectivity index (χ3v) is 2.05. The number of rotatable bonds is 2. The zero-order valence-electron chi connectivity index (χ0n) is 8.27. The number of nitrogens with zero attached hydrogens (tertiary/aromatic N) is 1. The van der Waals surface area contributed by atoms with E-state index < -0.39 is 0 Å². The summed E-state index contributed by atoms with van der Waals surface area (Å²) in [6.45, 7) is 0. The van der Waals surface area contributed by atoms with Gasteiger partial charge in [-0.3, -0.25) is 0 Å². The van der Waals surface area contributed by atoms with Crippen LogP contribution in [0.1, 0.15) is 0 Å². The third kappa shape index (κ3) is 2.13. The smallest absolute Gasteiger partial charge is 0.216 e. The van der Waals surface area contributed by atoms with Crippen molar-refractivity contribution >= 4 is 0 Å². The molecule has 0 saturated carbocycles. The Bertz CT molecular complexity index is 456. The molecular weight excluding hydrogens is 193 g/mol. The van der Waals surface area contributed by atoms with Crippen LogP contribution in [0, 0.1) is 5.82 Å². The lowest BCUT2D eigenvalue weighted by molar-refractivity contribution is 0.394. The van der Waals surface area contributed by atoms with Crippen molar-refractivity contribution in [3.05, 3.63) is 48.3 Å². The highest BCUT2D eigenvalue weighted by atomic mass is 19.1. The third-order valence-electron chi connectivity index (χ3n) is 2.05. The molecule has 0 atom stereocenters. The molecule has 0 N–H and O–H groups in total. The van der Waals surface area contributed by atoms with Crippen LogP contribution in [0.3, 0.4) is 0 Å². The Kier molecular flexibility index (Phi) is 2.63. The molecule has 0 aliphatic heterocycles. The SMILES string of the molecule is COc1cc(F)cc(-c2ccccc2)n1. The van der Waals surface area contributed by atoms with Crippen molar-refractivity contribution in [1.29, 1.82) is 0 Å². The Balaban J connectivity index is 2.49. The molecule has 2 aromatic rings. The van der Waals surface area contributed by atoms with Gasteiger partial charge in [-0.25, -0.2) is 9.37 Å². The van der Waals surface area contributed by atoms with Gasteiger partial charge in [-0.1, -0.05) is 30.3 Å². The van der Waals surface area contributed by atoms with E-state index >= 15 is 0 Å². The summed E-state index contributed by atoms with van der Waals surface area (Å²) in [5.74, 6) is -0.0606. The largest absolute Gasteiger partial charge is 0.481 e. The second-order valence-corrected chi connectivity index (χ2v) is 3.08. The molecule has 1 heterocycles. The molecular formula is C12H10FNO. The normalized spacial score (nSPS) is 10.0.